The van der Waals surface area contributed by atoms with Crippen LogP contribution in [0, 0.1) is 0 Å². The van der Waals surface area contributed by atoms with Gasteiger partial charge in [-0.25, -0.2) is 4.98 Å². The van der Waals surface area contributed by atoms with Crippen molar-refractivity contribution in [3.05, 3.63) is 42.0 Å². The zero-order valence-corrected chi connectivity index (χ0v) is 14.8. The molecule has 0 radical (unpaired) electrons. The Balaban J connectivity index is 1.58. The van der Waals surface area contributed by atoms with Crippen molar-refractivity contribution < 1.29 is 14.3 Å². The highest BCUT2D eigenvalue weighted by atomic mass is 16.5. The molecule has 0 aliphatic heterocycles. The summed E-state index contributed by atoms with van der Waals surface area (Å²) < 4.78 is 13.2. The van der Waals surface area contributed by atoms with Crippen LogP contribution in [0.5, 0.6) is 11.5 Å². The third-order valence-electron chi connectivity index (χ3n) is 4.13. The van der Waals surface area contributed by atoms with Crippen LogP contribution in [0.25, 0.3) is 0 Å². The van der Waals surface area contributed by atoms with Crippen molar-refractivity contribution in [3.8, 4) is 11.5 Å². The maximum Gasteiger partial charge on any atom is 0.251 e. The number of ether oxygens (including phenoxy) is 2. The van der Waals surface area contributed by atoms with Crippen LogP contribution >= 0.6 is 0 Å². The van der Waals surface area contributed by atoms with Crippen LogP contribution < -0.4 is 14.8 Å². The van der Waals surface area contributed by atoms with E-state index >= 15 is 0 Å². The maximum atomic E-state index is 12.4. The number of imidazole rings is 1. The van der Waals surface area contributed by atoms with Crippen LogP contribution in [0.15, 0.2) is 30.6 Å². The van der Waals surface area contributed by atoms with E-state index in [9.17, 15) is 4.79 Å². The number of carbonyl (C=O) groups is 1. The largest absolute Gasteiger partial charge is 0.490 e. The highest BCUT2D eigenvalue weighted by Gasteiger charge is 2.27. The molecule has 1 aromatic carbocycles. The lowest BCUT2D eigenvalue weighted by Crippen LogP contribution is -2.27. The summed E-state index contributed by atoms with van der Waals surface area (Å²) in [6, 6.07) is 5.27. The van der Waals surface area contributed by atoms with Gasteiger partial charge in [-0.05, 0) is 44.9 Å². The quantitative estimate of drug-likeness (QED) is 0.760. The second kappa shape index (κ2) is 8.05. The van der Waals surface area contributed by atoms with Crippen LogP contribution in [0.2, 0.25) is 0 Å². The minimum Gasteiger partial charge on any atom is -0.490 e. The monoisotopic (exact) mass is 343 g/mol. The van der Waals surface area contributed by atoms with Crippen LogP contribution in [0.1, 0.15) is 48.8 Å². The lowest BCUT2D eigenvalue weighted by molar-refractivity contribution is 0.0951. The molecule has 3 rings (SSSR count). The molecule has 2 aromatic rings. The normalized spacial score (nSPS) is 13.5. The highest BCUT2D eigenvalue weighted by Crippen LogP contribution is 2.38. The molecule has 1 heterocycles. The number of rotatable bonds is 9. The first kappa shape index (κ1) is 17.3. The maximum absolute atomic E-state index is 12.4. The molecular formula is C19H25N3O3. The van der Waals surface area contributed by atoms with Gasteiger partial charge in [-0.1, -0.05) is 0 Å². The number of hydrogen-bond acceptors (Lipinski definition) is 4. The van der Waals surface area contributed by atoms with Gasteiger partial charge in [0.15, 0.2) is 11.5 Å². The predicted molar refractivity (Wildman–Crippen MR) is 95.3 cm³/mol. The molecule has 0 atom stereocenters. The van der Waals surface area contributed by atoms with Gasteiger partial charge in [0.05, 0.1) is 13.2 Å². The summed E-state index contributed by atoms with van der Waals surface area (Å²) in [6.45, 7) is 6.20. The van der Waals surface area contributed by atoms with Gasteiger partial charge in [0.2, 0.25) is 0 Å². The van der Waals surface area contributed by atoms with E-state index in [-0.39, 0.29) is 5.91 Å². The molecule has 0 spiro atoms. The number of nitrogens with one attached hydrogen (secondary N) is 1. The summed E-state index contributed by atoms with van der Waals surface area (Å²) in [6.07, 6.45) is 6.24. The Hall–Kier alpha value is -2.50. The van der Waals surface area contributed by atoms with Gasteiger partial charge in [-0.15, -0.1) is 0 Å². The standard InChI is InChI=1S/C19H25N3O3/c1-3-24-16-8-7-15(13-17(16)25-4-2)19(23)21-10-12-22-11-9-20-18(22)14-5-6-14/h7-9,11,13-14H,3-6,10,12H2,1-2H3,(H,21,23). The van der Waals surface area contributed by atoms with Crippen molar-refractivity contribution in [1.29, 1.82) is 0 Å². The SMILES string of the molecule is CCOc1ccc(C(=O)NCCn2ccnc2C2CC2)cc1OCC. The number of nitrogens with zero attached hydrogens (tertiary/aromatic N) is 2. The van der Waals surface area contributed by atoms with Crippen LogP contribution in [0.3, 0.4) is 0 Å². The third kappa shape index (κ3) is 4.32. The molecule has 6 heteroatoms. The molecule has 6 nitrogen and oxygen atoms in total. The first-order valence-corrected chi connectivity index (χ1v) is 8.91. The van der Waals surface area contributed by atoms with E-state index in [4.69, 9.17) is 9.47 Å². The van der Waals surface area contributed by atoms with E-state index in [2.05, 4.69) is 14.9 Å². The van der Waals surface area contributed by atoms with E-state index in [0.29, 0.717) is 42.7 Å². The van der Waals surface area contributed by atoms with Crippen molar-refractivity contribution in [2.75, 3.05) is 19.8 Å². The zero-order chi connectivity index (χ0) is 17.6. The first-order valence-electron chi connectivity index (χ1n) is 8.91. The molecule has 1 N–H and O–H groups in total. The Bertz CT molecular complexity index is 722. The smallest absolute Gasteiger partial charge is 0.251 e. The fraction of sp³-hybridized carbons (Fsp3) is 0.474. The van der Waals surface area contributed by atoms with Crippen molar-refractivity contribution in [1.82, 2.24) is 14.9 Å². The number of benzene rings is 1. The minimum absolute atomic E-state index is 0.114. The number of carbonyl (C=O) groups excluding carboxylic acids is 1. The van der Waals surface area contributed by atoms with Crippen molar-refractivity contribution in [2.24, 2.45) is 0 Å². The molecule has 1 amide bonds. The molecule has 1 aliphatic carbocycles. The Morgan fingerprint density at radius 2 is 2.00 bits per heavy atom. The lowest BCUT2D eigenvalue weighted by Gasteiger charge is -2.13. The number of aromatic nitrogens is 2. The first-order chi connectivity index (χ1) is 12.2. The molecule has 0 saturated heterocycles. The van der Waals surface area contributed by atoms with Gasteiger partial charge >= 0.3 is 0 Å². The van der Waals surface area contributed by atoms with Gasteiger partial charge in [0, 0.05) is 37.0 Å². The molecule has 1 aromatic heterocycles. The number of amides is 1. The Kier molecular flexibility index (Phi) is 5.58. The summed E-state index contributed by atoms with van der Waals surface area (Å²) in [5.41, 5.74) is 0.569. The molecule has 0 unspecified atom stereocenters. The van der Waals surface area contributed by atoms with Gasteiger partial charge in [0.1, 0.15) is 5.82 Å². The molecule has 1 saturated carbocycles. The van der Waals surface area contributed by atoms with E-state index in [1.54, 1.807) is 18.2 Å². The van der Waals surface area contributed by atoms with E-state index in [1.807, 2.05) is 26.2 Å². The molecular weight excluding hydrogens is 318 g/mol. The van der Waals surface area contributed by atoms with Crippen LogP contribution in [-0.4, -0.2) is 35.2 Å². The van der Waals surface area contributed by atoms with Crippen molar-refractivity contribution in [3.63, 3.8) is 0 Å². The van der Waals surface area contributed by atoms with Crippen LogP contribution in [0.4, 0.5) is 0 Å². The summed E-state index contributed by atoms with van der Waals surface area (Å²) >= 11 is 0. The van der Waals surface area contributed by atoms with Gasteiger partial charge in [-0.2, -0.15) is 0 Å². The summed E-state index contributed by atoms with van der Waals surface area (Å²) in [7, 11) is 0. The second-order valence-electron chi connectivity index (χ2n) is 6.04. The van der Waals surface area contributed by atoms with E-state index in [0.717, 1.165) is 12.4 Å². The lowest BCUT2D eigenvalue weighted by atomic mass is 10.2. The third-order valence-corrected chi connectivity index (χ3v) is 4.13. The van der Waals surface area contributed by atoms with E-state index in [1.165, 1.54) is 12.8 Å². The predicted octanol–water partition coefficient (Wildman–Crippen LogP) is 2.99. The molecule has 0 bridgehead atoms. The highest BCUT2D eigenvalue weighted by molar-refractivity contribution is 5.94. The summed E-state index contributed by atoms with van der Waals surface area (Å²) in [5, 5.41) is 2.96. The average molecular weight is 343 g/mol. The fourth-order valence-electron chi connectivity index (χ4n) is 2.80. The fourth-order valence-corrected chi connectivity index (χ4v) is 2.80. The molecule has 1 aliphatic rings. The summed E-state index contributed by atoms with van der Waals surface area (Å²) in [5.74, 6) is 2.88. The Morgan fingerprint density at radius 3 is 2.72 bits per heavy atom. The number of hydrogen-bond donors (Lipinski definition) is 1. The van der Waals surface area contributed by atoms with E-state index < -0.39 is 0 Å². The molecule has 134 valence electrons. The van der Waals surface area contributed by atoms with Gasteiger partial charge in [-0.3, -0.25) is 4.79 Å². The van der Waals surface area contributed by atoms with Crippen LogP contribution in [-0.2, 0) is 6.54 Å². The Labute approximate surface area is 148 Å². The minimum atomic E-state index is -0.114. The topological polar surface area (TPSA) is 65.4 Å². The van der Waals surface area contributed by atoms with Crippen molar-refractivity contribution >= 4 is 5.91 Å². The second-order valence-corrected chi connectivity index (χ2v) is 6.04. The van der Waals surface area contributed by atoms with Crippen molar-refractivity contribution in [2.45, 2.75) is 39.2 Å². The molecule has 1 fully saturated rings. The average Bonchev–Trinajstić information content (AvgIpc) is 3.35. The zero-order valence-electron chi connectivity index (χ0n) is 14.8. The van der Waals surface area contributed by atoms with Gasteiger partial charge < -0.3 is 19.4 Å². The molecule has 25 heavy (non-hydrogen) atoms. The summed E-state index contributed by atoms with van der Waals surface area (Å²) in [4.78, 5) is 16.8. The van der Waals surface area contributed by atoms with Gasteiger partial charge in [0.25, 0.3) is 5.91 Å². The Morgan fingerprint density at radius 1 is 1.24 bits per heavy atom.